The van der Waals surface area contributed by atoms with Gasteiger partial charge in [-0.25, -0.2) is 9.79 Å². The van der Waals surface area contributed by atoms with Crippen molar-refractivity contribution >= 4 is 23.3 Å². The number of rotatable bonds is 6. The molecule has 0 amide bonds. The summed E-state index contributed by atoms with van der Waals surface area (Å²) in [7, 11) is 0. The lowest BCUT2D eigenvalue weighted by atomic mass is 9.82. The average Bonchev–Trinajstić information content (AvgIpc) is 2.57. The summed E-state index contributed by atoms with van der Waals surface area (Å²) >= 11 is 6.37. The van der Waals surface area contributed by atoms with Crippen LogP contribution in [0.2, 0.25) is 5.02 Å². The van der Waals surface area contributed by atoms with E-state index >= 15 is 0 Å². The largest absolute Gasteiger partial charge is 0.461 e. The number of nitrogens with two attached hydrogens (primary N) is 1. The molecule has 0 spiro atoms. The summed E-state index contributed by atoms with van der Waals surface area (Å²) in [4.78, 5) is 20.7. The molecule has 3 rings (SSSR count). The molecular formula is C19H23ClN4O2. The van der Waals surface area contributed by atoms with Gasteiger partial charge in [0, 0.05) is 36.6 Å². The molecule has 0 bridgehead atoms. The summed E-state index contributed by atoms with van der Waals surface area (Å²) in [6.07, 6.45) is 10.4. The average molecular weight is 375 g/mol. The van der Waals surface area contributed by atoms with Gasteiger partial charge in [0.15, 0.2) is 5.71 Å². The van der Waals surface area contributed by atoms with Crippen molar-refractivity contribution in [1.29, 1.82) is 0 Å². The first-order valence-electron chi connectivity index (χ1n) is 8.85. The summed E-state index contributed by atoms with van der Waals surface area (Å²) in [5.74, 6) is 0.0249. The molecule has 1 aromatic rings. The maximum atomic E-state index is 12.0. The van der Waals surface area contributed by atoms with Crippen LogP contribution in [0.5, 0.6) is 0 Å². The first-order valence-corrected chi connectivity index (χ1v) is 9.23. The van der Waals surface area contributed by atoms with E-state index in [0.29, 0.717) is 23.1 Å². The molecule has 1 fully saturated rings. The van der Waals surface area contributed by atoms with Crippen LogP contribution in [0.1, 0.15) is 43.4 Å². The minimum atomic E-state index is -0.477. The summed E-state index contributed by atoms with van der Waals surface area (Å²) in [6.45, 7) is 2.56. The van der Waals surface area contributed by atoms with Crippen LogP contribution in [-0.2, 0) is 16.1 Å². The fourth-order valence-corrected chi connectivity index (χ4v) is 3.27. The van der Waals surface area contributed by atoms with E-state index in [9.17, 15) is 4.79 Å². The fraction of sp³-hybridized carbons (Fsp3) is 0.421. The van der Waals surface area contributed by atoms with Crippen LogP contribution in [0.15, 0.2) is 41.3 Å². The Bertz CT molecular complexity index is 769. The van der Waals surface area contributed by atoms with Crippen LogP contribution in [0.25, 0.3) is 0 Å². The van der Waals surface area contributed by atoms with Crippen molar-refractivity contribution in [3.05, 3.63) is 52.6 Å². The number of nitrogens with zero attached hydrogens (tertiary/aromatic N) is 2. The van der Waals surface area contributed by atoms with Crippen LogP contribution >= 0.6 is 11.6 Å². The number of ether oxygens (including phenoxy) is 1. The predicted octanol–water partition coefficient (Wildman–Crippen LogP) is 2.83. The summed E-state index contributed by atoms with van der Waals surface area (Å²) < 4.78 is 5.04. The monoisotopic (exact) mass is 374 g/mol. The number of hydrogen-bond donors (Lipinski definition) is 2. The zero-order valence-corrected chi connectivity index (χ0v) is 15.5. The Labute approximate surface area is 158 Å². The number of carbonyl (C=O) groups is 1. The Morgan fingerprint density at radius 3 is 2.96 bits per heavy atom. The molecule has 6 nitrogen and oxygen atoms in total. The van der Waals surface area contributed by atoms with E-state index in [1.165, 1.54) is 12.6 Å². The second kappa shape index (κ2) is 8.47. The van der Waals surface area contributed by atoms with Gasteiger partial charge in [0.25, 0.3) is 0 Å². The zero-order chi connectivity index (χ0) is 18.5. The highest BCUT2D eigenvalue weighted by atomic mass is 35.5. The van der Waals surface area contributed by atoms with E-state index in [1.807, 2.05) is 12.3 Å². The van der Waals surface area contributed by atoms with Crippen molar-refractivity contribution in [2.75, 3.05) is 6.61 Å². The lowest BCUT2D eigenvalue weighted by molar-refractivity contribution is -0.135. The molecule has 1 saturated carbocycles. The van der Waals surface area contributed by atoms with Crippen LogP contribution in [-0.4, -0.2) is 29.3 Å². The van der Waals surface area contributed by atoms with Crippen molar-refractivity contribution in [3.8, 4) is 0 Å². The lowest BCUT2D eigenvalue weighted by Crippen LogP contribution is -2.33. The van der Waals surface area contributed by atoms with Crippen molar-refractivity contribution in [1.82, 2.24) is 10.3 Å². The van der Waals surface area contributed by atoms with Gasteiger partial charge in [-0.2, -0.15) is 0 Å². The van der Waals surface area contributed by atoms with Crippen molar-refractivity contribution in [3.63, 3.8) is 0 Å². The smallest absolute Gasteiger partial charge is 0.357 e. The third-order valence-electron chi connectivity index (χ3n) is 4.58. The number of hydrogen-bond acceptors (Lipinski definition) is 6. The minimum absolute atomic E-state index is 0.228. The van der Waals surface area contributed by atoms with Gasteiger partial charge in [-0.05, 0) is 37.5 Å². The fourth-order valence-electron chi connectivity index (χ4n) is 2.93. The second-order valence-corrected chi connectivity index (χ2v) is 6.79. The van der Waals surface area contributed by atoms with Gasteiger partial charge in [-0.1, -0.05) is 18.0 Å². The first kappa shape index (κ1) is 18.6. The normalized spacial score (nSPS) is 21.3. The number of carbonyl (C=O) groups excluding carboxylic acids is 1. The van der Waals surface area contributed by atoms with Crippen molar-refractivity contribution in [2.24, 2.45) is 10.7 Å². The highest BCUT2D eigenvalue weighted by Gasteiger charge is 2.24. The van der Waals surface area contributed by atoms with Gasteiger partial charge in [0.05, 0.1) is 23.4 Å². The van der Waals surface area contributed by atoms with E-state index in [1.54, 1.807) is 19.2 Å². The maximum absolute atomic E-state index is 12.0. The van der Waals surface area contributed by atoms with Crippen LogP contribution in [0.3, 0.4) is 0 Å². The Morgan fingerprint density at radius 2 is 2.31 bits per heavy atom. The topological polar surface area (TPSA) is 89.6 Å². The SMILES string of the molecule is CCOC(=O)C1=NC=CC(N)/C1=C\NCc1cnc(C2CCC2)c(Cl)c1. The number of pyridine rings is 1. The van der Waals surface area contributed by atoms with Gasteiger partial charge in [-0.15, -0.1) is 0 Å². The van der Waals surface area contributed by atoms with Gasteiger partial charge in [0.1, 0.15) is 0 Å². The molecule has 1 atom stereocenters. The standard InChI is InChI=1S/C19H23ClN4O2/c1-2-26-19(25)18-14(16(21)6-7-23-18)11-22-9-12-8-15(20)17(24-10-12)13-4-3-5-13/h6-8,10-11,13,16,22H,2-5,9,21H2,1H3/b14-11+. The molecule has 1 aliphatic carbocycles. The first-order chi connectivity index (χ1) is 12.6. The molecule has 3 N–H and O–H groups in total. The van der Waals surface area contributed by atoms with Crippen molar-refractivity contribution in [2.45, 2.75) is 44.7 Å². The molecule has 2 heterocycles. The van der Waals surface area contributed by atoms with Crippen LogP contribution in [0.4, 0.5) is 0 Å². The molecular weight excluding hydrogens is 352 g/mol. The van der Waals surface area contributed by atoms with Crippen LogP contribution < -0.4 is 11.1 Å². The molecule has 0 radical (unpaired) electrons. The molecule has 1 aromatic heterocycles. The van der Waals surface area contributed by atoms with E-state index in [0.717, 1.165) is 24.1 Å². The number of halogens is 1. The molecule has 2 aliphatic rings. The molecule has 1 aliphatic heterocycles. The number of aromatic nitrogens is 1. The summed E-state index contributed by atoms with van der Waals surface area (Å²) in [5, 5.41) is 3.88. The third kappa shape index (κ3) is 4.14. The number of esters is 1. The summed E-state index contributed by atoms with van der Waals surface area (Å²) in [6, 6.07) is 1.52. The van der Waals surface area contributed by atoms with Gasteiger partial charge in [0.2, 0.25) is 0 Å². The molecule has 1 unspecified atom stereocenters. The van der Waals surface area contributed by atoms with Gasteiger partial charge < -0.3 is 15.8 Å². The van der Waals surface area contributed by atoms with Crippen molar-refractivity contribution < 1.29 is 9.53 Å². The number of aliphatic imine (C=N–C) groups is 1. The number of nitrogens with one attached hydrogen (secondary N) is 1. The lowest BCUT2D eigenvalue weighted by Gasteiger charge is -2.25. The maximum Gasteiger partial charge on any atom is 0.357 e. The van der Waals surface area contributed by atoms with E-state index in [2.05, 4.69) is 15.3 Å². The third-order valence-corrected chi connectivity index (χ3v) is 4.88. The van der Waals surface area contributed by atoms with Gasteiger partial charge in [-0.3, -0.25) is 4.98 Å². The van der Waals surface area contributed by atoms with Gasteiger partial charge >= 0.3 is 5.97 Å². The summed E-state index contributed by atoms with van der Waals surface area (Å²) in [5.41, 5.74) is 8.84. The van der Waals surface area contributed by atoms with Crippen LogP contribution in [0, 0.1) is 0 Å². The predicted molar refractivity (Wildman–Crippen MR) is 102 cm³/mol. The van der Waals surface area contributed by atoms with E-state index < -0.39 is 12.0 Å². The highest BCUT2D eigenvalue weighted by Crippen LogP contribution is 2.38. The molecule has 7 heteroatoms. The second-order valence-electron chi connectivity index (χ2n) is 6.38. The molecule has 26 heavy (non-hydrogen) atoms. The zero-order valence-electron chi connectivity index (χ0n) is 14.7. The Hall–Kier alpha value is -2.18. The quantitative estimate of drug-likeness (QED) is 0.747. The molecule has 0 saturated heterocycles. The Balaban J connectivity index is 1.66. The minimum Gasteiger partial charge on any atom is -0.461 e. The Kier molecular flexibility index (Phi) is 6.06. The van der Waals surface area contributed by atoms with E-state index in [-0.39, 0.29) is 12.3 Å². The molecule has 0 aromatic carbocycles. The van der Waals surface area contributed by atoms with E-state index in [4.69, 9.17) is 22.1 Å². The molecule has 138 valence electrons. The Morgan fingerprint density at radius 1 is 1.50 bits per heavy atom. The highest BCUT2D eigenvalue weighted by molar-refractivity contribution is 6.44.